The number of carboxylic acid groups (broad SMARTS) is 1. The van der Waals surface area contributed by atoms with Crippen LogP contribution >= 0.6 is 0 Å². The number of halogens is 1. The maximum atomic E-state index is 14.7. The third kappa shape index (κ3) is 5.20. The summed E-state index contributed by atoms with van der Waals surface area (Å²) in [6, 6.07) is 9.87. The van der Waals surface area contributed by atoms with Gasteiger partial charge in [-0.1, -0.05) is 6.07 Å². The van der Waals surface area contributed by atoms with Crippen molar-refractivity contribution in [3.8, 4) is 11.8 Å². The minimum Gasteiger partial charge on any atom is -0.493 e. The number of nitrogens with one attached hydrogen (secondary N) is 2. The molecule has 1 saturated carbocycles. The van der Waals surface area contributed by atoms with E-state index in [4.69, 9.17) is 9.84 Å². The minimum absolute atomic E-state index is 0.00627. The maximum absolute atomic E-state index is 14.7. The molecule has 4 N–H and O–H groups in total. The fourth-order valence-corrected chi connectivity index (χ4v) is 5.03. The number of ether oxygens (including phenoxy) is 1. The van der Waals surface area contributed by atoms with Crippen molar-refractivity contribution in [3.05, 3.63) is 58.4 Å². The van der Waals surface area contributed by atoms with Crippen molar-refractivity contribution in [1.82, 2.24) is 5.32 Å². The van der Waals surface area contributed by atoms with Gasteiger partial charge in [-0.25, -0.2) is 4.39 Å². The molecule has 2 aliphatic rings. The molecule has 9 heteroatoms. The summed E-state index contributed by atoms with van der Waals surface area (Å²) in [5, 5.41) is 34.6. The zero-order chi connectivity index (χ0) is 26.0. The molecule has 1 spiro atoms. The molecule has 2 aromatic carbocycles. The predicted octanol–water partition coefficient (Wildman–Crippen LogP) is 3.77. The van der Waals surface area contributed by atoms with Crippen molar-refractivity contribution in [2.24, 2.45) is 5.92 Å². The van der Waals surface area contributed by atoms with Crippen LogP contribution in [0.3, 0.4) is 0 Å². The fourth-order valence-electron chi connectivity index (χ4n) is 5.03. The molecule has 1 aliphatic heterocycles. The summed E-state index contributed by atoms with van der Waals surface area (Å²) in [5.41, 5.74) is 1.95. The molecule has 4 rings (SSSR count). The number of aliphatic hydroxyl groups excluding tert-OH is 1. The Bertz CT molecular complexity index is 1220. The summed E-state index contributed by atoms with van der Waals surface area (Å²) >= 11 is 0. The zero-order valence-electron chi connectivity index (χ0n) is 20.3. The molecule has 0 saturated heterocycles. The molecule has 3 atom stereocenters. The molecule has 0 bridgehead atoms. The fraction of sp³-hybridized carbons (Fsp3) is 0.444. The normalized spacial score (nSPS) is 20.8. The van der Waals surface area contributed by atoms with E-state index in [0.29, 0.717) is 54.9 Å². The molecule has 190 valence electrons. The number of rotatable bonds is 9. The standard InChI is InChI=1S/C27H30FN3O5/c1-15(2)30-25(34)18-11-19-23(12-21(18)28)36-9-8-27(19)13-20(27)26(35)31-22-10-16(14-29)6-7-17(22)4-3-5-24(32)33/h6-7,10-12,15,20,25,30,34H,3-5,8-9,13H2,1-2H3,(H,31,35)(H,32,33)/t20-,25?,27-/m0/s1. The van der Waals surface area contributed by atoms with Gasteiger partial charge in [0.05, 0.1) is 18.2 Å². The Kier molecular flexibility index (Phi) is 7.29. The Morgan fingerprint density at radius 1 is 1.31 bits per heavy atom. The number of nitrogens with zero attached hydrogens (tertiary/aromatic N) is 1. The minimum atomic E-state index is -1.19. The summed E-state index contributed by atoms with van der Waals surface area (Å²) in [6.07, 6.45) is 0.808. The smallest absolute Gasteiger partial charge is 0.303 e. The number of carbonyl (C=O) groups excluding carboxylic acids is 1. The first-order valence-electron chi connectivity index (χ1n) is 12.1. The Hall–Kier alpha value is -3.48. The van der Waals surface area contributed by atoms with Crippen molar-refractivity contribution >= 4 is 17.6 Å². The number of benzene rings is 2. The van der Waals surface area contributed by atoms with E-state index in [2.05, 4.69) is 16.7 Å². The average Bonchev–Trinajstić information content (AvgIpc) is 3.53. The largest absolute Gasteiger partial charge is 0.493 e. The number of carboxylic acids is 1. The van der Waals surface area contributed by atoms with E-state index >= 15 is 0 Å². The number of aryl methyl sites for hydroxylation is 1. The van der Waals surface area contributed by atoms with E-state index in [1.54, 1.807) is 24.3 Å². The van der Waals surface area contributed by atoms with E-state index < -0.39 is 23.4 Å². The summed E-state index contributed by atoms with van der Waals surface area (Å²) in [4.78, 5) is 24.3. The lowest BCUT2D eigenvalue weighted by atomic mass is 9.85. The van der Waals surface area contributed by atoms with Gasteiger partial charge in [-0.15, -0.1) is 0 Å². The van der Waals surface area contributed by atoms with Crippen LogP contribution in [-0.2, 0) is 21.4 Å². The summed E-state index contributed by atoms with van der Waals surface area (Å²) < 4.78 is 20.4. The highest BCUT2D eigenvalue weighted by Crippen LogP contribution is 2.61. The van der Waals surface area contributed by atoms with Gasteiger partial charge in [0.1, 0.15) is 17.8 Å². The molecule has 2 aromatic rings. The Morgan fingerprint density at radius 3 is 2.78 bits per heavy atom. The number of aliphatic carboxylic acids is 1. The second-order valence-corrected chi connectivity index (χ2v) is 9.83. The molecular formula is C27H30FN3O5. The first-order valence-corrected chi connectivity index (χ1v) is 12.1. The van der Waals surface area contributed by atoms with Gasteiger partial charge in [-0.2, -0.15) is 5.26 Å². The highest BCUT2D eigenvalue weighted by atomic mass is 19.1. The summed E-state index contributed by atoms with van der Waals surface area (Å²) in [6.45, 7) is 4.05. The monoisotopic (exact) mass is 495 g/mol. The lowest BCUT2D eigenvalue weighted by Crippen LogP contribution is -2.30. The lowest BCUT2D eigenvalue weighted by Gasteiger charge is -2.29. The zero-order valence-corrected chi connectivity index (χ0v) is 20.3. The van der Waals surface area contributed by atoms with Crippen LogP contribution in [0.4, 0.5) is 10.1 Å². The molecule has 1 heterocycles. The Morgan fingerprint density at radius 2 is 2.08 bits per heavy atom. The van der Waals surface area contributed by atoms with Gasteiger partial charge in [-0.3, -0.25) is 14.9 Å². The van der Waals surface area contributed by atoms with Crippen molar-refractivity contribution in [2.45, 2.75) is 63.6 Å². The predicted molar refractivity (Wildman–Crippen MR) is 130 cm³/mol. The van der Waals surface area contributed by atoms with E-state index in [0.717, 1.165) is 5.56 Å². The number of hydrogen-bond donors (Lipinski definition) is 4. The third-order valence-electron chi connectivity index (χ3n) is 6.95. The Balaban J connectivity index is 1.57. The van der Waals surface area contributed by atoms with Gasteiger partial charge in [0.25, 0.3) is 0 Å². The molecule has 36 heavy (non-hydrogen) atoms. The van der Waals surface area contributed by atoms with Crippen LogP contribution in [0.25, 0.3) is 0 Å². The number of fused-ring (bicyclic) bond motifs is 2. The molecule has 8 nitrogen and oxygen atoms in total. The van der Waals surface area contributed by atoms with Gasteiger partial charge in [0, 0.05) is 46.7 Å². The van der Waals surface area contributed by atoms with Gasteiger partial charge >= 0.3 is 5.97 Å². The van der Waals surface area contributed by atoms with E-state index in [1.165, 1.54) is 6.07 Å². The van der Waals surface area contributed by atoms with Crippen molar-refractivity contribution in [2.75, 3.05) is 11.9 Å². The molecule has 1 unspecified atom stereocenters. The van der Waals surface area contributed by atoms with E-state index in [-0.39, 0.29) is 29.9 Å². The molecule has 1 fully saturated rings. The molecule has 0 radical (unpaired) electrons. The number of hydrogen-bond acceptors (Lipinski definition) is 6. The molecule has 0 aromatic heterocycles. The van der Waals surface area contributed by atoms with Crippen LogP contribution in [-0.4, -0.2) is 34.7 Å². The maximum Gasteiger partial charge on any atom is 0.303 e. The van der Waals surface area contributed by atoms with Gasteiger partial charge in [0.15, 0.2) is 0 Å². The second-order valence-electron chi connectivity index (χ2n) is 9.83. The summed E-state index contributed by atoms with van der Waals surface area (Å²) in [7, 11) is 0. The number of carbonyl (C=O) groups is 2. The Labute approximate surface area is 209 Å². The second kappa shape index (κ2) is 10.2. The first-order chi connectivity index (χ1) is 17.1. The topological polar surface area (TPSA) is 132 Å². The van der Waals surface area contributed by atoms with Crippen molar-refractivity contribution < 1.29 is 28.9 Å². The van der Waals surface area contributed by atoms with Crippen LogP contribution in [0.1, 0.15) is 68.0 Å². The number of nitriles is 1. The summed E-state index contributed by atoms with van der Waals surface area (Å²) in [5.74, 6) is -1.69. The third-order valence-corrected chi connectivity index (χ3v) is 6.95. The van der Waals surface area contributed by atoms with Crippen LogP contribution in [0, 0.1) is 23.1 Å². The average molecular weight is 496 g/mol. The highest BCUT2D eigenvalue weighted by molar-refractivity contribution is 5.97. The number of aliphatic hydroxyl groups is 1. The highest BCUT2D eigenvalue weighted by Gasteiger charge is 2.61. The lowest BCUT2D eigenvalue weighted by molar-refractivity contribution is -0.137. The first kappa shape index (κ1) is 25.6. The van der Waals surface area contributed by atoms with Crippen molar-refractivity contribution in [1.29, 1.82) is 5.26 Å². The van der Waals surface area contributed by atoms with Crippen LogP contribution in [0.2, 0.25) is 0 Å². The van der Waals surface area contributed by atoms with E-state index in [1.807, 2.05) is 13.8 Å². The van der Waals surface area contributed by atoms with Crippen molar-refractivity contribution in [3.63, 3.8) is 0 Å². The van der Waals surface area contributed by atoms with Crippen LogP contribution < -0.4 is 15.4 Å². The van der Waals surface area contributed by atoms with Gasteiger partial charge < -0.3 is 20.3 Å². The van der Waals surface area contributed by atoms with Crippen LogP contribution in [0.5, 0.6) is 5.75 Å². The SMILES string of the molecule is CC(C)NC(O)c1cc2c(cc1F)OCC[C@]21C[C@H]1C(=O)Nc1cc(C#N)ccc1CCCC(=O)O. The number of amides is 1. The van der Waals surface area contributed by atoms with Gasteiger partial charge in [0.2, 0.25) is 5.91 Å². The quantitative estimate of drug-likeness (QED) is 0.389. The van der Waals surface area contributed by atoms with E-state index in [9.17, 15) is 24.3 Å². The molecular weight excluding hydrogens is 465 g/mol. The number of anilines is 1. The molecule has 1 amide bonds. The molecule has 1 aliphatic carbocycles. The van der Waals surface area contributed by atoms with Gasteiger partial charge in [-0.05, 0) is 63.3 Å². The van der Waals surface area contributed by atoms with Crippen LogP contribution in [0.15, 0.2) is 30.3 Å².